The standard InChI is InChI=1S/C23H22N4O3/c28-21(24-19-11-10-17-8-4-5-9-18(17)19)20-15-30-23-25-22(29)26(12-13-27(20)23)14-16-6-2-1-3-7-16/h1-9,15,19H,10-14H2,(H,24,28). The summed E-state index contributed by atoms with van der Waals surface area (Å²) in [6, 6.07) is 17.7. The van der Waals surface area contributed by atoms with Gasteiger partial charge in [0.25, 0.3) is 5.91 Å². The Kier molecular flexibility index (Phi) is 4.71. The van der Waals surface area contributed by atoms with Crippen LogP contribution in [0.25, 0.3) is 0 Å². The zero-order valence-corrected chi connectivity index (χ0v) is 16.5. The van der Waals surface area contributed by atoms with Crippen molar-refractivity contribution in [2.24, 2.45) is 4.99 Å². The molecule has 2 aromatic rings. The maximum Gasteiger partial charge on any atom is 0.348 e. The molecule has 3 amide bonds. The molecule has 7 heteroatoms. The minimum Gasteiger partial charge on any atom is -0.431 e. The lowest BCUT2D eigenvalue weighted by Crippen LogP contribution is -2.39. The van der Waals surface area contributed by atoms with Crippen LogP contribution in [0, 0.1) is 0 Å². The van der Waals surface area contributed by atoms with Crippen molar-refractivity contribution in [3.63, 3.8) is 0 Å². The van der Waals surface area contributed by atoms with Gasteiger partial charge in [-0.15, -0.1) is 4.99 Å². The number of nitrogens with zero attached hydrogens (tertiary/aromatic N) is 3. The highest BCUT2D eigenvalue weighted by atomic mass is 16.5. The van der Waals surface area contributed by atoms with E-state index in [1.165, 1.54) is 17.4 Å². The zero-order chi connectivity index (χ0) is 20.5. The van der Waals surface area contributed by atoms with Crippen LogP contribution in [-0.2, 0) is 22.5 Å². The summed E-state index contributed by atoms with van der Waals surface area (Å²) in [6.45, 7) is 1.35. The Labute approximate surface area is 174 Å². The first-order chi connectivity index (χ1) is 14.7. The highest BCUT2D eigenvalue weighted by molar-refractivity contribution is 6.02. The van der Waals surface area contributed by atoms with Crippen molar-refractivity contribution in [1.29, 1.82) is 0 Å². The molecule has 0 fully saturated rings. The average molecular weight is 402 g/mol. The monoisotopic (exact) mass is 402 g/mol. The fraction of sp³-hybridized carbons (Fsp3) is 0.261. The first-order valence-corrected chi connectivity index (χ1v) is 10.1. The van der Waals surface area contributed by atoms with Crippen LogP contribution in [0.3, 0.4) is 0 Å². The molecule has 0 aromatic heterocycles. The number of benzene rings is 2. The summed E-state index contributed by atoms with van der Waals surface area (Å²) in [7, 11) is 0. The van der Waals surface area contributed by atoms with Crippen molar-refractivity contribution in [3.8, 4) is 0 Å². The van der Waals surface area contributed by atoms with E-state index in [1.54, 1.807) is 9.80 Å². The number of rotatable bonds is 4. The van der Waals surface area contributed by atoms with Crippen LogP contribution in [0.2, 0.25) is 0 Å². The minimum atomic E-state index is -0.365. The highest BCUT2D eigenvalue weighted by Crippen LogP contribution is 2.31. The molecule has 0 radical (unpaired) electrons. The number of amidine groups is 1. The second kappa shape index (κ2) is 7.67. The van der Waals surface area contributed by atoms with E-state index in [4.69, 9.17) is 4.74 Å². The van der Waals surface area contributed by atoms with Crippen LogP contribution >= 0.6 is 0 Å². The summed E-state index contributed by atoms with van der Waals surface area (Å²) in [4.78, 5) is 33.0. The van der Waals surface area contributed by atoms with Crippen LogP contribution < -0.4 is 5.32 Å². The summed E-state index contributed by atoms with van der Waals surface area (Å²) < 4.78 is 5.48. The molecule has 2 aromatic carbocycles. The Bertz CT molecular complexity index is 1050. The number of carbonyl (C=O) groups is 2. The van der Waals surface area contributed by atoms with Crippen molar-refractivity contribution in [3.05, 3.63) is 83.2 Å². The van der Waals surface area contributed by atoms with Gasteiger partial charge in [-0.3, -0.25) is 9.69 Å². The number of hydrogen-bond donors (Lipinski definition) is 1. The van der Waals surface area contributed by atoms with Gasteiger partial charge in [0.2, 0.25) is 0 Å². The smallest absolute Gasteiger partial charge is 0.348 e. The largest absolute Gasteiger partial charge is 0.431 e. The third kappa shape index (κ3) is 3.43. The fourth-order valence-corrected chi connectivity index (χ4v) is 4.18. The lowest BCUT2D eigenvalue weighted by atomic mass is 10.1. The molecule has 1 atom stereocenters. The zero-order valence-electron chi connectivity index (χ0n) is 16.5. The van der Waals surface area contributed by atoms with Crippen molar-refractivity contribution < 1.29 is 14.3 Å². The molecule has 0 saturated carbocycles. The minimum absolute atomic E-state index is 0.0150. The molecule has 3 aliphatic rings. The molecule has 0 spiro atoms. The Hall–Kier alpha value is -3.61. The van der Waals surface area contributed by atoms with Gasteiger partial charge in [0.15, 0.2) is 0 Å². The molecule has 1 N–H and O–H groups in total. The van der Waals surface area contributed by atoms with Gasteiger partial charge >= 0.3 is 12.1 Å². The first kappa shape index (κ1) is 18.4. The molecule has 30 heavy (non-hydrogen) atoms. The number of carbonyl (C=O) groups excluding carboxylic acids is 2. The average Bonchev–Trinajstić information content (AvgIpc) is 3.32. The number of hydrogen-bond acceptors (Lipinski definition) is 4. The van der Waals surface area contributed by atoms with Crippen LogP contribution in [-0.4, -0.2) is 40.8 Å². The molecule has 152 valence electrons. The SMILES string of the molecule is O=C(NC1CCc2ccccc21)C1=COC2=NC(=O)N(Cc3ccccc3)CCN12. The third-order valence-corrected chi connectivity index (χ3v) is 5.74. The normalized spacial score (nSPS) is 20.0. The topological polar surface area (TPSA) is 74.2 Å². The first-order valence-electron chi connectivity index (χ1n) is 10.1. The van der Waals surface area contributed by atoms with Gasteiger partial charge in [0, 0.05) is 19.6 Å². The predicted octanol–water partition coefficient (Wildman–Crippen LogP) is 2.96. The summed E-state index contributed by atoms with van der Waals surface area (Å²) in [5, 5.41) is 3.11. The van der Waals surface area contributed by atoms with Gasteiger partial charge in [-0.25, -0.2) is 4.79 Å². The number of aliphatic imine (C=N–C) groups is 1. The number of aryl methyl sites for hydroxylation is 1. The fourth-order valence-electron chi connectivity index (χ4n) is 4.18. The molecular formula is C23H22N4O3. The molecule has 1 aliphatic carbocycles. The maximum atomic E-state index is 13.0. The lowest BCUT2D eigenvalue weighted by molar-refractivity contribution is -0.119. The molecule has 0 bridgehead atoms. The van der Waals surface area contributed by atoms with Crippen molar-refractivity contribution in [1.82, 2.24) is 15.1 Å². The quantitative estimate of drug-likeness (QED) is 0.853. The number of urea groups is 1. The van der Waals surface area contributed by atoms with E-state index in [0.717, 1.165) is 18.4 Å². The number of amides is 3. The van der Waals surface area contributed by atoms with Gasteiger partial charge < -0.3 is 15.0 Å². The number of fused-ring (bicyclic) bond motifs is 2. The molecule has 0 saturated heterocycles. The Morgan fingerprint density at radius 1 is 1.10 bits per heavy atom. The number of ether oxygens (including phenoxy) is 1. The predicted molar refractivity (Wildman–Crippen MR) is 111 cm³/mol. The second-order valence-electron chi connectivity index (χ2n) is 7.62. The molecule has 5 rings (SSSR count). The van der Waals surface area contributed by atoms with Gasteiger partial charge in [0.1, 0.15) is 12.0 Å². The lowest BCUT2D eigenvalue weighted by Gasteiger charge is -2.22. The number of nitrogens with one attached hydrogen (secondary N) is 1. The van der Waals surface area contributed by atoms with E-state index >= 15 is 0 Å². The molecule has 7 nitrogen and oxygen atoms in total. The Balaban J connectivity index is 1.27. The van der Waals surface area contributed by atoms with E-state index in [1.807, 2.05) is 42.5 Å². The molecule has 2 aliphatic heterocycles. The van der Waals surface area contributed by atoms with Crippen LogP contribution in [0.4, 0.5) is 4.79 Å². The van der Waals surface area contributed by atoms with Crippen LogP contribution in [0.5, 0.6) is 0 Å². The molecule has 1 unspecified atom stereocenters. The molecule has 2 heterocycles. The third-order valence-electron chi connectivity index (χ3n) is 5.74. The second-order valence-corrected chi connectivity index (χ2v) is 7.62. The van der Waals surface area contributed by atoms with Crippen LogP contribution in [0.1, 0.15) is 29.2 Å². The van der Waals surface area contributed by atoms with E-state index in [0.29, 0.717) is 25.3 Å². The summed E-state index contributed by atoms with van der Waals surface area (Å²) in [5.74, 6) is -0.217. The van der Waals surface area contributed by atoms with E-state index < -0.39 is 0 Å². The van der Waals surface area contributed by atoms with E-state index in [2.05, 4.69) is 22.4 Å². The van der Waals surface area contributed by atoms with E-state index in [9.17, 15) is 9.59 Å². The van der Waals surface area contributed by atoms with Gasteiger partial charge in [-0.1, -0.05) is 54.6 Å². The summed E-state index contributed by atoms with van der Waals surface area (Å²) >= 11 is 0. The van der Waals surface area contributed by atoms with Crippen LogP contribution in [0.15, 0.2) is 71.5 Å². The Morgan fingerprint density at radius 2 is 1.90 bits per heavy atom. The van der Waals surface area contributed by atoms with Gasteiger partial charge in [-0.2, -0.15) is 0 Å². The van der Waals surface area contributed by atoms with Gasteiger partial charge in [0.05, 0.1) is 6.04 Å². The highest BCUT2D eigenvalue weighted by Gasteiger charge is 2.35. The summed E-state index contributed by atoms with van der Waals surface area (Å²) in [6.07, 6.45) is 3.22. The van der Waals surface area contributed by atoms with Crippen molar-refractivity contribution >= 4 is 18.0 Å². The Morgan fingerprint density at radius 3 is 2.77 bits per heavy atom. The maximum absolute atomic E-state index is 13.0. The van der Waals surface area contributed by atoms with E-state index in [-0.39, 0.29) is 24.0 Å². The molecular weight excluding hydrogens is 380 g/mol. The van der Waals surface area contributed by atoms with Gasteiger partial charge in [-0.05, 0) is 29.5 Å². The summed E-state index contributed by atoms with van der Waals surface area (Å²) in [5.41, 5.74) is 3.85. The van der Waals surface area contributed by atoms with Crippen molar-refractivity contribution in [2.75, 3.05) is 13.1 Å². The van der Waals surface area contributed by atoms with Crippen molar-refractivity contribution in [2.45, 2.75) is 25.4 Å².